The summed E-state index contributed by atoms with van der Waals surface area (Å²) >= 11 is 3.36. The molecular weight excluding hydrogens is 556 g/mol. The molecule has 0 aliphatic heterocycles. The summed E-state index contributed by atoms with van der Waals surface area (Å²) in [7, 11) is 0. The molecule has 0 spiro atoms. The van der Waals surface area contributed by atoms with Gasteiger partial charge in [-0.1, -0.05) is 30.7 Å². The van der Waals surface area contributed by atoms with E-state index in [1.807, 2.05) is 12.1 Å². The highest BCUT2D eigenvalue weighted by atomic mass is 79.9. The lowest BCUT2D eigenvalue weighted by Gasteiger charge is -2.06. The van der Waals surface area contributed by atoms with Gasteiger partial charge in [0.05, 0.1) is 22.3 Å². The molecule has 0 radical (unpaired) electrons. The van der Waals surface area contributed by atoms with Crippen LogP contribution in [0.2, 0.25) is 0 Å². The van der Waals surface area contributed by atoms with Gasteiger partial charge in [-0.25, -0.2) is 10.2 Å². The predicted octanol–water partition coefficient (Wildman–Crippen LogP) is 5.02. The van der Waals surface area contributed by atoms with Crippen LogP contribution < -0.4 is 15.5 Å². The molecule has 3 aromatic carbocycles. The Morgan fingerprint density at radius 2 is 1.74 bits per heavy atom. The van der Waals surface area contributed by atoms with Gasteiger partial charge in [0.25, 0.3) is 11.6 Å². The van der Waals surface area contributed by atoms with Crippen molar-refractivity contribution in [1.29, 1.82) is 0 Å². The number of carbonyl (C=O) groups is 3. The molecule has 2 amide bonds. The number of unbranched alkanes of at least 4 members (excludes halogenated alkanes) is 2. The Morgan fingerprint density at radius 1 is 0.974 bits per heavy atom. The normalized spacial score (nSPS) is 10.7. The Bertz CT molecular complexity index is 1330. The maximum absolute atomic E-state index is 12.3. The van der Waals surface area contributed by atoms with Crippen LogP contribution in [0, 0.1) is 10.1 Å². The SMILES string of the molecule is O=C(CCCCCNC(=O)c1ccccc1Br)NN=Cc1cccc(OC(=O)c2ccc([N+](=O)[O-])cc2)c1. The number of rotatable bonds is 12. The number of hydrogen-bond acceptors (Lipinski definition) is 7. The van der Waals surface area contributed by atoms with Gasteiger partial charge in [-0.15, -0.1) is 0 Å². The number of nitrogens with zero attached hydrogens (tertiary/aromatic N) is 2. The third-order valence-corrected chi connectivity index (χ3v) is 5.96. The molecule has 0 unspecified atom stereocenters. The second kappa shape index (κ2) is 14.4. The number of ether oxygens (including phenoxy) is 1. The monoisotopic (exact) mass is 580 g/mol. The van der Waals surface area contributed by atoms with E-state index >= 15 is 0 Å². The standard InChI is InChI=1S/C27H25BrN4O6/c28-24-10-4-3-9-23(24)26(34)29-16-5-1-2-11-25(33)31-30-18-19-7-6-8-22(17-19)38-27(35)20-12-14-21(15-13-20)32(36)37/h3-4,6-10,12-15,17-18H,1-2,5,11,16H2,(H,29,34)(H,31,33). The maximum Gasteiger partial charge on any atom is 0.343 e. The zero-order chi connectivity index (χ0) is 27.3. The first-order valence-corrected chi connectivity index (χ1v) is 12.5. The number of non-ortho nitro benzene ring substituents is 1. The highest BCUT2D eigenvalue weighted by Gasteiger charge is 2.12. The van der Waals surface area contributed by atoms with Crippen molar-refractivity contribution in [3.8, 4) is 5.75 Å². The van der Waals surface area contributed by atoms with Crippen LogP contribution in [0.1, 0.15) is 52.0 Å². The molecule has 10 nitrogen and oxygen atoms in total. The quantitative estimate of drug-likeness (QED) is 0.0769. The van der Waals surface area contributed by atoms with Crippen LogP contribution in [-0.4, -0.2) is 35.5 Å². The minimum absolute atomic E-state index is 0.123. The Labute approximate surface area is 227 Å². The molecule has 3 aromatic rings. The first kappa shape index (κ1) is 28.2. The third-order valence-electron chi connectivity index (χ3n) is 5.27. The van der Waals surface area contributed by atoms with E-state index in [4.69, 9.17) is 4.74 Å². The highest BCUT2D eigenvalue weighted by molar-refractivity contribution is 9.10. The van der Waals surface area contributed by atoms with E-state index in [-0.39, 0.29) is 28.8 Å². The van der Waals surface area contributed by atoms with E-state index < -0.39 is 10.9 Å². The molecule has 11 heteroatoms. The lowest BCUT2D eigenvalue weighted by molar-refractivity contribution is -0.384. The largest absolute Gasteiger partial charge is 0.423 e. The van der Waals surface area contributed by atoms with Crippen molar-refractivity contribution >= 4 is 45.6 Å². The third kappa shape index (κ3) is 8.93. The van der Waals surface area contributed by atoms with Crippen molar-refractivity contribution < 1.29 is 24.0 Å². The van der Waals surface area contributed by atoms with Gasteiger partial charge in [0.2, 0.25) is 5.91 Å². The van der Waals surface area contributed by atoms with E-state index in [9.17, 15) is 24.5 Å². The van der Waals surface area contributed by atoms with Gasteiger partial charge < -0.3 is 10.1 Å². The zero-order valence-corrected chi connectivity index (χ0v) is 21.8. The second-order valence-corrected chi connectivity index (χ2v) is 8.96. The molecule has 0 aliphatic carbocycles. The van der Waals surface area contributed by atoms with Gasteiger partial charge in [-0.2, -0.15) is 5.10 Å². The summed E-state index contributed by atoms with van der Waals surface area (Å²) in [5, 5.41) is 17.5. The van der Waals surface area contributed by atoms with Crippen LogP contribution in [0.4, 0.5) is 5.69 Å². The van der Waals surface area contributed by atoms with Crippen LogP contribution in [0.15, 0.2) is 82.4 Å². The Morgan fingerprint density at radius 3 is 2.47 bits per heavy atom. The minimum atomic E-state index is -0.658. The van der Waals surface area contributed by atoms with Gasteiger partial charge in [0.15, 0.2) is 0 Å². The van der Waals surface area contributed by atoms with Gasteiger partial charge in [-0.3, -0.25) is 19.7 Å². The molecule has 0 saturated heterocycles. The zero-order valence-electron chi connectivity index (χ0n) is 20.3. The fourth-order valence-corrected chi connectivity index (χ4v) is 3.77. The number of hydrogen-bond donors (Lipinski definition) is 2. The van der Waals surface area contributed by atoms with Gasteiger partial charge >= 0.3 is 5.97 Å². The minimum Gasteiger partial charge on any atom is -0.423 e. The summed E-state index contributed by atoms with van der Waals surface area (Å²) in [4.78, 5) is 46.6. The molecule has 2 N–H and O–H groups in total. The van der Waals surface area contributed by atoms with Crippen LogP contribution in [-0.2, 0) is 4.79 Å². The fraction of sp³-hybridized carbons (Fsp3) is 0.185. The summed E-state index contributed by atoms with van der Waals surface area (Å²) in [5.41, 5.74) is 3.69. The molecule has 0 aliphatic rings. The molecular formula is C27H25BrN4O6. The molecule has 0 aromatic heterocycles. The number of carbonyl (C=O) groups excluding carboxylic acids is 3. The van der Waals surface area contributed by atoms with Crippen molar-refractivity contribution in [3.63, 3.8) is 0 Å². The van der Waals surface area contributed by atoms with E-state index in [2.05, 4.69) is 31.8 Å². The molecule has 0 heterocycles. The van der Waals surface area contributed by atoms with E-state index in [1.54, 1.807) is 36.4 Å². The van der Waals surface area contributed by atoms with Crippen LogP contribution >= 0.6 is 15.9 Å². The molecule has 3 rings (SSSR count). The number of nitro benzene ring substituents is 1. The fourth-order valence-electron chi connectivity index (χ4n) is 3.31. The van der Waals surface area contributed by atoms with Gasteiger partial charge in [0.1, 0.15) is 5.75 Å². The average Bonchev–Trinajstić information content (AvgIpc) is 2.91. The van der Waals surface area contributed by atoms with Crippen molar-refractivity contribution in [2.75, 3.05) is 6.54 Å². The Balaban J connectivity index is 1.35. The van der Waals surface area contributed by atoms with E-state index in [1.165, 1.54) is 30.5 Å². The summed E-state index contributed by atoms with van der Waals surface area (Å²) in [6.07, 6.45) is 3.90. The lowest BCUT2D eigenvalue weighted by atomic mass is 10.2. The topological polar surface area (TPSA) is 140 Å². The van der Waals surface area contributed by atoms with Crippen molar-refractivity contribution in [3.05, 3.63) is 104 Å². The second-order valence-electron chi connectivity index (χ2n) is 8.11. The van der Waals surface area contributed by atoms with E-state index in [0.717, 1.165) is 17.3 Å². The van der Waals surface area contributed by atoms with Gasteiger partial charge in [0, 0.05) is 29.6 Å². The van der Waals surface area contributed by atoms with Crippen molar-refractivity contribution in [2.45, 2.75) is 25.7 Å². The highest BCUT2D eigenvalue weighted by Crippen LogP contribution is 2.17. The summed E-state index contributed by atoms with van der Waals surface area (Å²) in [6, 6.07) is 18.8. The molecule has 0 bridgehead atoms. The molecule has 0 atom stereocenters. The predicted molar refractivity (Wildman–Crippen MR) is 145 cm³/mol. The number of amides is 2. The number of hydrazone groups is 1. The maximum atomic E-state index is 12.3. The molecule has 38 heavy (non-hydrogen) atoms. The number of halogens is 1. The number of nitro groups is 1. The van der Waals surface area contributed by atoms with E-state index in [0.29, 0.717) is 30.5 Å². The van der Waals surface area contributed by atoms with Crippen molar-refractivity contribution in [2.24, 2.45) is 5.10 Å². The number of esters is 1. The van der Waals surface area contributed by atoms with Crippen LogP contribution in [0.3, 0.4) is 0 Å². The van der Waals surface area contributed by atoms with Crippen LogP contribution in [0.25, 0.3) is 0 Å². The Hall–Kier alpha value is -4.38. The molecule has 196 valence electrons. The Kier molecular flexibility index (Phi) is 10.7. The first-order chi connectivity index (χ1) is 18.3. The summed E-state index contributed by atoms with van der Waals surface area (Å²) in [5.74, 6) is -0.779. The summed E-state index contributed by atoms with van der Waals surface area (Å²) in [6.45, 7) is 0.519. The lowest BCUT2D eigenvalue weighted by Crippen LogP contribution is -2.24. The summed E-state index contributed by atoms with van der Waals surface area (Å²) < 4.78 is 6.05. The average molecular weight is 581 g/mol. The number of nitrogens with one attached hydrogen (secondary N) is 2. The van der Waals surface area contributed by atoms with Gasteiger partial charge in [-0.05, 0) is 70.7 Å². The first-order valence-electron chi connectivity index (χ1n) is 11.7. The van der Waals surface area contributed by atoms with Crippen LogP contribution in [0.5, 0.6) is 5.75 Å². The number of benzene rings is 3. The molecule has 0 fully saturated rings. The molecule has 0 saturated carbocycles. The van der Waals surface area contributed by atoms with Crippen molar-refractivity contribution in [1.82, 2.24) is 10.7 Å². The smallest absolute Gasteiger partial charge is 0.343 e.